The number of hydrogen-bond acceptors (Lipinski definition) is 3. The smallest absolute Gasteiger partial charge is 0.272 e. The number of carbonyl (C=O) groups excluding carboxylic acids is 1. The predicted octanol–water partition coefficient (Wildman–Crippen LogP) is 2.78. The van der Waals surface area contributed by atoms with Crippen molar-refractivity contribution < 1.29 is 4.79 Å². The Morgan fingerprint density at radius 2 is 2.32 bits per heavy atom. The first-order valence-electron chi connectivity index (χ1n) is 7.23. The first-order valence-corrected chi connectivity index (χ1v) is 7.23. The zero-order valence-electron chi connectivity index (χ0n) is 11.9. The Morgan fingerprint density at radius 3 is 2.95 bits per heavy atom. The highest BCUT2D eigenvalue weighted by molar-refractivity contribution is 5.92. The number of anilines is 1. The molecule has 19 heavy (non-hydrogen) atoms. The maximum Gasteiger partial charge on any atom is 0.272 e. The molecule has 4 heteroatoms. The maximum absolute atomic E-state index is 12.4. The highest BCUT2D eigenvalue weighted by Gasteiger charge is 2.23. The van der Waals surface area contributed by atoms with Crippen LogP contribution in [0.3, 0.4) is 0 Å². The molecule has 1 aliphatic heterocycles. The largest absolute Gasteiger partial charge is 0.384 e. The van der Waals surface area contributed by atoms with Gasteiger partial charge in [0.05, 0.1) is 11.9 Å². The number of nitrogens with zero attached hydrogens (tertiary/aromatic N) is 2. The quantitative estimate of drug-likeness (QED) is 0.906. The first-order chi connectivity index (χ1) is 9.24. The van der Waals surface area contributed by atoms with E-state index in [0.29, 0.717) is 11.6 Å². The van der Waals surface area contributed by atoms with E-state index in [-0.39, 0.29) is 5.91 Å². The van der Waals surface area contributed by atoms with Gasteiger partial charge >= 0.3 is 0 Å². The number of amides is 1. The van der Waals surface area contributed by atoms with Crippen molar-refractivity contribution in [2.45, 2.75) is 33.1 Å². The highest BCUT2D eigenvalue weighted by atomic mass is 16.2. The van der Waals surface area contributed by atoms with Crippen LogP contribution in [0.2, 0.25) is 0 Å². The molecule has 1 fully saturated rings. The third kappa shape index (κ3) is 3.46. The third-order valence-electron chi connectivity index (χ3n) is 3.75. The van der Waals surface area contributed by atoms with E-state index in [1.54, 1.807) is 6.20 Å². The molecule has 1 aromatic heterocycles. The average molecular weight is 261 g/mol. The lowest BCUT2D eigenvalue weighted by Crippen LogP contribution is -2.40. The van der Waals surface area contributed by atoms with E-state index in [1.165, 1.54) is 6.42 Å². The standard InChI is InChI=1S/C15H23N3O/c1-3-12-6-5-9-18(11-12)15(19)14-8-7-13(10-17-14)16-4-2/h7-8,10,12,16H,3-6,9,11H2,1-2H3. The molecular formula is C15H23N3O. The van der Waals surface area contributed by atoms with Crippen LogP contribution in [0.4, 0.5) is 5.69 Å². The van der Waals surface area contributed by atoms with Gasteiger partial charge in [-0.3, -0.25) is 4.79 Å². The average Bonchev–Trinajstić information content (AvgIpc) is 2.48. The van der Waals surface area contributed by atoms with E-state index in [2.05, 4.69) is 17.2 Å². The Bertz CT molecular complexity index is 416. The van der Waals surface area contributed by atoms with Crippen molar-refractivity contribution in [1.82, 2.24) is 9.88 Å². The Hall–Kier alpha value is -1.58. The summed E-state index contributed by atoms with van der Waals surface area (Å²) < 4.78 is 0. The molecule has 0 spiro atoms. The number of pyridine rings is 1. The van der Waals surface area contributed by atoms with E-state index in [4.69, 9.17) is 0 Å². The van der Waals surface area contributed by atoms with Crippen molar-refractivity contribution in [3.05, 3.63) is 24.0 Å². The minimum Gasteiger partial charge on any atom is -0.384 e. The van der Waals surface area contributed by atoms with Crippen molar-refractivity contribution in [3.63, 3.8) is 0 Å². The number of likely N-dealkylation sites (tertiary alicyclic amines) is 1. The molecule has 2 heterocycles. The lowest BCUT2D eigenvalue weighted by atomic mass is 9.95. The second-order valence-corrected chi connectivity index (χ2v) is 5.13. The van der Waals surface area contributed by atoms with E-state index >= 15 is 0 Å². The number of hydrogen-bond donors (Lipinski definition) is 1. The van der Waals surface area contributed by atoms with Gasteiger partial charge in [0.1, 0.15) is 5.69 Å². The summed E-state index contributed by atoms with van der Waals surface area (Å²) in [6.07, 6.45) is 5.24. The molecule has 1 aromatic rings. The van der Waals surface area contributed by atoms with Gasteiger partial charge < -0.3 is 10.2 Å². The van der Waals surface area contributed by atoms with Gasteiger partial charge in [0.15, 0.2) is 0 Å². The van der Waals surface area contributed by atoms with Gasteiger partial charge in [-0.1, -0.05) is 13.3 Å². The van der Waals surface area contributed by atoms with E-state index < -0.39 is 0 Å². The van der Waals surface area contributed by atoms with Gasteiger partial charge in [-0.2, -0.15) is 0 Å². The van der Waals surface area contributed by atoms with Crippen LogP contribution in [0.25, 0.3) is 0 Å². The maximum atomic E-state index is 12.4. The van der Waals surface area contributed by atoms with Crippen molar-refractivity contribution in [1.29, 1.82) is 0 Å². The minimum absolute atomic E-state index is 0.0706. The summed E-state index contributed by atoms with van der Waals surface area (Å²) in [5.41, 5.74) is 1.52. The van der Waals surface area contributed by atoms with Gasteiger partial charge in [-0.25, -0.2) is 4.98 Å². The molecule has 1 N–H and O–H groups in total. The van der Waals surface area contributed by atoms with Crippen molar-refractivity contribution in [2.24, 2.45) is 5.92 Å². The second-order valence-electron chi connectivity index (χ2n) is 5.13. The minimum atomic E-state index is 0.0706. The monoisotopic (exact) mass is 261 g/mol. The zero-order valence-corrected chi connectivity index (χ0v) is 11.9. The fourth-order valence-corrected chi connectivity index (χ4v) is 2.57. The molecule has 1 amide bonds. The summed E-state index contributed by atoms with van der Waals surface area (Å²) in [4.78, 5) is 18.6. The van der Waals surface area contributed by atoms with Gasteiger partial charge in [0.25, 0.3) is 5.91 Å². The van der Waals surface area contributed by atoms with E-state index in [1.807, 2.05) is 24.0 Å². The number of carbonyl (C=O) groups is 1. The van der Waals surface area contributed by atoms with Crippen LogP contribution in [0.1, 0.15) is 43.6 Å². The summed E-state index contributed by atoms with van der Waals surface area (Å²) in [6.45, 7) is 6.84. The molecule has 0 saturated carbocycles. The topological polar surface area (TPSA) is 45.2 Å². The molecule has 0 radical (unpaired) electrons. The lowest BCUT2D eigenvalue weighted by Gasteiger charge is -2.32. The second kappa shape index (κ2) is 6.55. The lowest BCUT2D eigenvalue weighted by molar-refractivity contribution is 0.0665. The molecule has 104 valence electrons. The molecular weight excluding hydrogens is 238 g/mol. The number of aromatic nitrogens is 1. The molecule has 1 unspecified atom stereocenters. The number of rotatable bonds is 4. The Labute approximate surface area is 115 Å². The predicted molar refractivity (Wildman–Crippen MR) is 77.3 cm³/mol. The molecule has 4 nitrogen and oxygen atoms in total. The summed E-state index contributed by atoms with van der Waals surface area (Å²) >= 11 is 0. The van der Waals surface area contributed by atoms with Gasteiger partial charge in [-0.05, 0) is 37.8 Å². The highest BCUT2D eigenvalue weighted by Crippen LogP contribution is 2.20. The Morgan fingerprint density at radius 1 is 1.47 bits per heavy atom. The van der Waals surface area contributed by atoms with Crippen LogP contribution >= 0.6 is 0 Å². The van der Waals surface area contributed by atoms with Crippen LogP contribution < -0.4 is 5.32 Å². The van der Waals surface area contributed by atoms with Gasteiger partial charge in [0, 0.05) is 19.6 Å². The van der Waals surface area contributed by atoms with Crippen LogP contribution in [-0.4, -0.2) is 35.4 Å². The molecule has 2 rings (SSSR count). The number of nitrogens with one attached hydrogen (secondary N) is 1. The summed E-state index contributed by atoms with van der Waals surface area (Å²) in [5.74, 6) is 0.722. The van der Waals surface area contributed by atoms with Crippen molar-refractivity contribution in [2.75, 3.05) is 25.0 Å². The molecule has 0 bridgehead atoms. The third-order valence-corrected chi connectivity index (χ3v) is 3.75. The molecule has 1 atom stereocenters. The van der Waals surface area contributed by atoms with Crippen LogP contribution in [-0.2, 0) is 0 Å². The van der Waals surface area contributed by atoms with Gasteiger partial charge in [-0.15, -0.1) is 0 Å². The van der Waals surface area contributed by atoms with E-state index in [9.17, 15) is 4.79 Å². The summed E-state index contributed by atoms with van der Waals surface area (Å²) in [7, 11) is 0. The van der Waals surface area contributed by atoms with Crippen molar-refractivity contribution >= 4 is 11.6 Å². The SMILES string of the molecule is CCNc1ccc(C(=O)N2CCCC(CC)C2)nc1. The zero-order chi connectivity index (χ0) is 13.7. The molecule has 0 aliphatic carbocycles. The number of piperidine rings is 1. The van der Waals surface area contributed by atoms with Crippen LogP contribution in [0.15, 0.2) is 18.3 Å². The first kappa shape index (κ1) is 13.8. The summed E-state index contributed by atoms with van der Waals surface area (Å²) in [6, 6.07) is 3.74. The fraction of sp³-hybridized carbons (Fsp3) is 0.600. The van der Waals surface area contributed by atoms with Gasteiger partial charge in [0.2, 0.25) is 0 Å². The van der Waals surface area contributed by atoms with Crippen molar-refractivity contribution in [3.8, 4) is 0 Å². The Balaban J connectivity index is 2.02. The fourth-order valence-electron chi connectivity index (χ4n) is 2.57. The molecule has 1 aliphatic rings. The van der Waals surface area contributed by atoms with Crippen LogP contribution in [0.5, 0.6) is 0 Å². The normalized spacial score (nSPS) is 19.3. The summed E-state index contributed by atoms with van der Waals surface area (Å²) in [5, 5.41) is 3.18. The van der Waals surface area contributed by atoms with E-state index in [0.717, 1.165) is 38.2 Å². The van der Waals surface area contributed by atoms with Crippen LogP contribution in [0, 0.1) is 5.92 Å². The molecule has 0 aromatic carbocycles. The molecule has 1 saturated heterocycles. The Kier molecular flexibility index (Phi) is 4.77.